The summed E-state index contributed by atoms with van der Waals surface area (Å²) in [6.07, 6.45) is 3.27. The van der Waals surface area contributed by atoms with Crippen LogP contribution in [0.1, 0.15) is 26.7 Å². The number of hydrogen-bond donors (Lipinski definition) is 4. The van der Waals surface area contributed by atoms with E-state index in [9.17, 15) is 31.9 Å². The monoisotopic (exact) mass is 694 g/mol. The van der Waals surface area contributed by atoms with Gasteiger partial charge in [0.25, 0.3) is 11.8 Å². The van der Waals surface area contributed by atoms with Crippen LogP contribution in [0, 0.1) is 23.3 Å². The van der Waals surface area contributed by atoms with Crippen LogP contribution in [-0.2, 0) is 9.59 Å². The standard InChI is InChI=1S/C38H26F4N4O3S/c39-28-20-29(40)33(42)34(32(28)41)46-38(49)35(22-10-3-1-4-11-22)50-26-15-9-14-25(19-26)44-37(48)31(45-36(47)23-12-5-2-6-13-23)18-24-21-43-30-17-8-7-16-27(24)30/h1-21,35,43H,(H,44,48)(H,45,47)(H,46,49)/b31-18-. The molecule has 0 radical (unpaired) electrons. The smallest absolute Gasteiger partial charge is 0.272 e. The number of H-pyrrole nitrogens is 1. The topological polar surface area (TPSA) is 103 Å². The minimum atomic E-state index is -1.74. The number of carbonyl (C=O) groups is 3. The molecule has 0 aliphatic carbocycles. The number of fused-ring (bicyclic) bond motifs is 1. The number of thioether (sulfide) groups is 1. The molecule has 6 aromatic rings. The fourth-order valence-electron chi connectivity index (χ4n) is 5.07. The highest BCUT2D eigenvalue weighted by molar-refractivity contribution is 8.00. The molecule has 0 fully saturated rings. The summed E-state index contributed by atoms with van der Waals surface area (Å²) in [6.45, 7) is 0. The van der Waals surface area contributed by atoms with E-state index in [4.69, 9.17) is 0 Å². The second-order valence-corrected chi connectivity index (χ2v) is 12.1. The number of para-hydroxylation sites is 1. The van der Waals surface area contributed by atoms with Crippen molar-refractivity contribution in [2.75, 3.05) is 10.6 Å². The van der Waals surface area contributed by atoms with E-state index in [1.165, 1.54) is 0 Å². The van der Waals surface area contributed by atoms with Crippen LogP contribution < -0.4 is 16.0 Å². The lowest BCUT2D eigenvalue weighted by Crippen LogP contribution is -2.30. The van der Waals surface area contributed by atoms with Crippen LogP contribution in [0.3, 0.4) is 0 Å². The summed E-state index contributed by atoms with van der Waals surface area (Å²) in [6, 6.07) is 30.6. The molecule has 250 valence electrons. The van der Waals surface area contributed by atoms with Gasteiger partial charge in [0.1, 0.15) is 16.6 Å². The maximum atomic E-state index is 14.4. The number of carbonyl (C=O) groups excluding carboxylic acids is 3. The summed E-state index contributed by atoms with van der Waals surface area (Å²) >= 11 is 0.968. The number of rotatable bonds is 10. The molecule has 4 N–H and O–H groups in total. The average molecular weight is 695 g/mol. The Morgan fingerprint density at radius 2 is 1.38 bits per heavy atom. The van der Waals surface area contributed by atoms with E-state index in [-0.39, 0.29) is 11.8 Å². The fraction of sp³-hybridized carbons (Fsp3) is 0.0263. The number of nitrogens with one attached hydrogen (secondary N) is 4. The number of halogens is 4. The van der Waals surface area contributed by atoms with Crippen LogP contribution in [0.25, 0.3) is 17.0 Å². The lowest BCUT2D eigenvalue weighted by molar-refractivity contribution is -0.116. The first-order valence-corrected chi connectivity index (χ1v) is 16.0. The molecule has 1 atom stereocenters. The van der Waals surface area contributed by atoms with Gasteiger partial charge in [0.05, 0.1) is 0 Å². The molecule has 6 rings (SSSR count). The Morgan fingerprint density at radius 3 is 2.10 bits per heavy atom. The van der Waals surface area contributed by atoms with Gasteiger partial charge in [-0.05, 0) is 48.0 Å². The highest BCUT2D eigenvalue weighted by Crippen LogP contribution is 2.38. The minimum Gasteiger partial charge on any atom is -0.361 e. The number of benzene rings is 5. The maximum absolute atomic E-state index is 14.4. The molecule has 1 unspecified atom stereocenters. The van der Waals surface area contributed by atoms with Gasteiger partial charge >= 0.3 is 0 Å². The van der Waals surface area contributed by atoms with Crippen molar-refractivity contribution in [3.05, 3.63) is 167 Å². The Labute approximate surface area is 287 Å². The number of aromatic nitrogens is 1. The lowest BCUT2D eigenvalue weighted by atomic mass is 10.1. The summed E-state index contributed by atoms with van der Waals surface area (Å²) in [4.78, 5) is 43.9. The first-order chi connectivity index (χ1) is 24.2. The Balaban J connectivity index is 1.27. The van der Waals surface area contributed by atoms with Crippen molar-refractivity contribution in [2.45, 2.75) is 10.1 Å². The van der Waals surface area contributed by atoms with Gasteiger partial charge in [0, 0.05) is 44.9 Å². The van der Waals surface area contributed by atoms with Gasteiger partial charge in [-0.2, -0.15) is 0 Å². The molecule has 3 amide bonds. The predicted molar refractivity (Wildman–Crippen MR) is 185 cm³/mol. The molecule has 0 saturated heterocycles. The Hall–Kier alpha value is -6.14. The van der Waals surface area contributed by atoms with Crippen molar-refractivity contribution >= 4 is 57.8 Å². The predicted octanol–water partition coefficient (Wildman–Crippen LogP) is 8.61. The van der Waals surface area contributed by atoms with E-state index < -0.39 is 51.9 Å². The molecule has 12 heteroatoms. The molecule has 0 spiro atoms. The SMILES string of the molecule is O=C(Nc1cccc(SC(C(=O)Nc2c(F)c(F)cc(F)c2F)c2ccccc2)c1)/C(=C/c1c[nH]c2ccccc12)NC(=O)c1ccccc1. The number of anilines is 2. The molecule has 0 bridgehead atoms. The van der Waals surface area contributed by atoms with Crippen molar-refractivity contribution in [1.29, 1.82) is 0 Å². The van der Waals surface area contributed by atoms with Crippen LogP contribution in [-0.4, -0.2) is 22.7 Å². The minimum absolute atomic E-state index is 0.0467. The van der Waals surface area contributed by atoms with Gasteiger partial charge in [-0.25, -0.2) is 17.6 Å². The number of aromatic amines is 1. The second-order valence-electron chi connectivity index (χ2n) is 10.9. The number of amides is 3. The molecule has 0 saturated carbocycles. The van der Waals surface area contributed by atoms with Gasteiger partial charge in [-0.15, -0.1) is 11.8 Å². The molecule has 50 heavy (non-hydrogen) atoms. The summed E-state index contributed by atoms with van der Waals surface area (Å²) < 4.78 is 56.6. The van der Waals surface area contributed by atoms with Crippen LogP contribution in [0.5, 0.6) is 0 Å². The van der Waals surface area contributed by atoms with Crippen LogP contribution in [0.15, 0.2) is 132 Å². The third-order valence-corrected chi connectivity index (χ3v) is 8.74. The molecule has 7 nitrogen and oxygen atoms in total. The molecule has 5 aromatic carbocycles. The quantitative estimate of drug-likeness (QED) is 0.0499. The lowest BCUT2D eigenvalue weighted by Gasteiger charge is -2.18. The van der Waals surface area contributed by atoms with Crippen molar-refractivity contribution < 1.29 is 31.9 Å². The Kier molecular flexibility index (Phi) is 10.1. The third kappa shape index (κ3) is 7.61. The molecule has 1 heterocycles. The summed E-state index contributed by atoms with van der Waals surface area (Å²) in [5.74, 6) is -8.90. The average Bonchev–Trinajstić information content (AvgIpc) is 3.54. The van der Waals surface area contributed by atoms with E-state index in [1.807, 2.05) is 29.6 Å². The Morgan fingerprint density at radius 1 is 0.720 bits per heavy atom. The van der Waals surface area contributed by atoms with Crippen LogP contribution >= 0.6 is 11.8 Å². The van der Waals surface area contributed by atoms with Crippen molar-refractivity contribution in [3.63, 3.8) is 0 Å². The zero-order valence-corrected chi connectivity index (χ0v) is 26.7. The zero-order valence-electron chi connectivity index (χ0n) is 25.8. The summed E-state index contributed by atoms with van der Waals surface area (Å²) in [5.41, 5.74) is 1.27. The molecule has 1 aromatic heterocycles. The van der Waals surface area contributed by atoms with Gasteiger partial charge in [0.2, 0.25) is 5.91 Å². The number of hydrogen-bond acceptors (Lipinski definition) is 4. The van der Waals surface area contributed by atoms with Gasteiger partial charge in [-0.1, -0.05) is 72.8 Å². The van der Waals surface area contributed by atoms with E-state index in [2.05, 4.69) is 15.6 Å². The van der Waals surface area contributed by atoms with E-state index in [0.29, 0.717) is 27.3 Å². The van der Waals surface area contributed by atoms with Crippen molar-refractivity contribution in [1.82, 2.24) is 10.3 Å². The molecular weight excluding hydrogens is 669 g/mol. The molecule has 0 aliphatic rings. The summed E-state index contributed by atoms with van der Waals surface area (Å²) in [7, 11) is 0. The van der Waals surface area contributed by atoms with Crippen molar-refractivity contribution in [2.24, 2.45) is 0 Å². The maximum Gasteiger partial charge on any atom is 0.272 e. The van der Waals surface area contributed by atoms with Crippen LogP contribution in [0.2, 0.25) is 0 Å². The first-order valence-electron chi connectivity index (χ1n) is 15.1. The van der Waals surface area contributed by atoms with E-state index in [1.54, 1.807) is 97.2 Å². The van der Waals surface area contributed by atoms with Crippen LogP contribution in [0.4, 0.5) is 28.9 Å². The second kappa shape index (κ2) is 15.0. The van der Waals surface area contributed by atoms with E-state index >= 15 is 0 Å². The van der Waals surface area contributed by atoms with Gasteiger partial charge < -0.3 is 20.9 Å². The fourth-order valence-corrected chi connectivity index (χ4v) is 6.15. The van der Waals surface area contributed by atoms with Crippen molar-refractivity contribution in [3.8, 4) is 0 Å². The molecule has 0 aliphatic heterocycles. The highest BCUT2D eigenvalue weighted by atomic mass is 32.2. The highest BCUT2D eigenvalue weighted by Gasteiger charge is 2.27. The normalized spacial score (nSPS) is 12.0. The van der Waals surface area contributed by atoms with Gasteiger partial charge in [-0.3, -0.25) is 14.4 Å². The Bertz CT molecular complexity index is 2220. The third-order valence-electron chi connectivity index (χ3n) is 7.50. The summed E-state index contributed by atoms with van der Waals surface area (Å²) in [5, 5.41) is 7.17. The van der Waals surface area contributed by atoms with E-state index in [0.717, 1.165) is 22.7 Å². The first kappa shape index (κ1) is 33.7. The largest absolute Gasteiger partial charge is 0.361 e. The van der Waals surface area contributed by atoms with Gasteiger partial charge in [0.15, 0.2) is 23.3 Å². The molecular formula is C38H26F4N4O3S. The zero-order chi connectivity index (χ0) is 35.2.